The zero-order chi connectivity index (χ0) is 16.4. The van der Waals surface area contributed by atoms with Gasteiger partial charge >= 0.3 is 0 Å². The largest absolute Gasteiger partial charge is 0.497 e. The van der Waals surface area contributed by atoms with Crippen molar-refractivity contribution in [2.45, 2.75) is 18.7 Å². The molecule has 0 saturated carbocycles. The van der Waals surface area contributed by atoms with E-state index >= 15 is 0 Å². The van der Waals surface area contributed by atoms with Gasteiger partial charge in [0.1, 0.15) is 5.75 Å². The molecule has 0 aromatic heterocycles. The van der Waals surface area contributed by atoms with Crippen molar-refractivity contribution >= 4 is 10.0 Å². The van der Waals surface area contributed by atoms with Gasteiger partial charge in [0.15, 0.2) is 0 Å². The molecule has 0 aliphatic heterocycles. The van der Waals surface area contributed by atoms with Crippen LogP contribution in [0.2, 0.25) is 0 Å². The van der Waals surface area contributed by atoms with Gasteiger partial charge in [-0.2, -0.15) is 4.31 Å². The zero-order valence-corrected chi connectivity index (χ0v) is 14.3. The first kappa shape index (κ1) is 18.9. The fourth-order valence-corrected chi connectivity index (χ4v) is 3.28. The highest BCUT2D eigenvalue weighted by atomic mass is 32.2. The Morgan fingerprint density at radius 2 is 1.45 bits per heavy atom. The molecule has 7 heteroatoms. The molecule has 0 atom stereocenters. The number of hydrogen-bond acceptors (Lipinski definition) is 5. The minimum atomic E-state index is -3.57. The zero-order valence-electron chi connectivity index (χ0n) is 13.4. The molecule has 0 aliphatic carbocycles. The normalized spacial score (nSPS) is 11.8. The topological polar surface area (TPSA) is 65.1 Å². The van der Waals surface area contributed by atoms with Crippen molar-refractivity contribution in [2.24, 2.45) is 0 Å². The number of hydrogen-bond donors (Lipinski definition) is 0. The van der Waals surface area contributed by atoms with Crippen LogP contribution in [0.4, 0.5) is 0 Å². The maximum atomic E-state index is 12.7. The van der Waals surface area contributed by atoms with Gasteiger partial charge in [0, 0.05) is 26.3 Å². The molecule has 6 nitrogen and oxygen atoms in total. The maximum absolute atomic E-state index is 12.7. The Labute approximate surface area is 133 Å². The third kappa shape index (κ3) is 5.57. The highest BCUT2D eigenvalue weighted by Gasteiger charge is 2.24. The molecule has 0 N–H and O–H groups in total. The number of benzene rings is 1. The van der Waals surface area contributed by atoms with Gasteiger partial charge in [-0.05, 0) is 38.1 Å². The molecule has 1 rings (SSSR count). The van der Waals surface area contributed by atoms with Crippen LogP contribution < -0.4 is 4.74 Å². The lowest BCUT2D eigenvalue weighted by molar-refractivity contribution is 0.110. The van der Waals surface area contributed by atoms with Gasteiger partial charge in [-0.25, -0.2) is 8.42 Å². The summed E-state index contributed by atoms with van der Waals surface area (Å²) in [6.45, 7) is 6.19. The first-order valence-corrected chi connectivity index (χ1v) is 8.80. The predicted octanol–water partition coefficient (Wildman–Crippen LogP) is 1.76. The summed E-state index contributed by atoms with van der Waals surface area (Å²) in [6.07, 6.45) is 0. The van der Waals surface area contributed by atoms with Crippen LogP contribution in [0.3, 0.4) is 0 Å². The lowest BCUT2D eigenvalue weighted by Gasteiger charge is -2.22. The van der Waals surface area contributed by atoms with Crippen molar-refractivity contribution < 1.29 is 22.6 Å². The Morgan fingerprint density at radius 1 is 0.955 bits per heavy atom. The average Bonchev–Trinajstić information content (AvgIpc) is 2.53. The number of nitrogens with zero attached hydrogens (tertiary/aromatic N) is 1. The number of ether oxygens (including phenoxy) is 3. The second-order valence-corrected chi connectivity index (χ2v) is 6.41. The minimum absolute atomic E-state index is 0.237. The average molecular weight is 331 g/mol. The minimum Gasteiger partial charge on any atom is -0.497 e. The third-order valence-electron chi connectivity index (χ3n) is 3.08. The Balaban J connectivity index is 2.86. The van der Waals surface area contributed by atoms with Crippen LogP contribution in [0, 0.1) is 0 Å². The van der Waals surface area contributed by atoms with E-state index in [1.807, 2.05) is 13.8 Å². The Bertz CT molecular complexity index is 505. The Hall–Kier alpha value is -1.15. The Morgan fingerprint density at radius 3 is 1.86 bits per heavy atom. The van der Waals surface area contributed by atoms with Gasteiger partial charge in [0.05, 0.1) is 25.2 Å². The van der Waals surface area contributed by atoms with E-state index in [0.29, 0.717) is 45.3 Å². The molecule has 0 unspecified atom stereocenters. The van der Waals surface area contributed by atoms with Gasteiger partial charge < -0.3 is 14.2 Å². The quantitative estimate of drug-likeness (QED) is 0.578. The smallest absolute Gasteiger partial charge is 0.243 e. The molecule has 0 radical (unpaired) electrons. The molecule has 0 aliphatic rings. The van der Waals surface area contributed by atoms with Crippen molar-refractivity contribution in [1.29, 1.82) is 0 Å². The van der Waals surface area contributed by atoms with Gasteiger partial charge in [-0.3, -0.25) is 0 Å². The van der Waals surface area contributed by atoms with Gasteiger partial charge in [-0.15, -0.1) is 0 Å². The summed E-state index contributed by atoms with van der Waals surface area (Å²) in [5.41, 5.74) is 0. The van der Waals surface area contributed by atoms with E-state index < -0.39 is 10.0 Å². The lowest BCUT2D eigenvalue weighted by atomic mass is 10.3. The molecule has 0 spiro atoms. The van der Waals surface area contributed by atoms with Crippen LogP contribution in [0.1, 0.15) is 13.8 Å². The maximum Gasteiger partial charge on any atom is 0.243 e. The lowest BCUT2D eigenvalue weighted by Crippen LogP contribution is -2.36. The van der Waals surface area contributed by atoms with Crippen LogP contribution in [-0.4, -0.2) is 59.3 Å². The van der Waals surface area contributed by atoms with E-state index in [-0.39, 0.29) is 4.90 Å². The fraction of sp³-hybridized carbons (Fsp3) is 0.600. The summed E-state index contributed by atoms with van der Waals surface area (Å²) in [4.78, 5) is 0.237. The second kappa shape index (κ2) is 9.78. The highest BCUT2D eigenvalue weighted by Crippen LogP contribution is 2.19. The molecular formula is C15H25NO5S. The van der Waals surface area contributed by atoms with Crippen molar-refractivity contribution in [2.75, 3.05) is 46.6 Å². The van der Waals surface area contributed by atoms with E-state index in [9.17, 15) is 8.42 Å². The molecule has 1 aromatic rings. The molecule has 1 aromatic carbocycles. The number of sulfonamides is 1. The SMILES string of the molecule is CCOCCN(CCOCC)S(=O)(=O)c1ccc(OC)cc1. The second-order valence-electron chi connectivity index (χ2n) is 4.47. The molecule has 0 bridgehead atoms. The monoisotopic (exact) mass is 331 g/mol. The molecule has 0 heterocycles. The van der Waals surface area contributed by atoms with Crippen molar-refractivity contribution in [1.82, 2.24) is 4.31 Å². The summed E-state index contributed by atoms with van der Waals surface area (Å²) < 4.78 is 42.4. The summed E-state index contributed by atoms with van der Waals surface area (Å²) in [7, 11) is -2.03. The van der Waals surface area contributed by atoms with Crippen LogP contribution >= 0.6 is 0 Å². The van der Waals surface area contributed by atoms with E-state index in [1.165, 1.54) is 4.31 Å². The molecular weight excluding hydrogens is 306 g/mol. The van der Waals surface area contributed by atoms with E-state index in [1.54, 1.807) is 31.4 Å². The highest BCUT2D eigenvalue weighted by molar-refractivity contribution is 7.89. The summed E-state index contributed by atoms with van der Waals surface area (Å²) in [5.74, 6) is 0.620. The van der Waals surface area contributed by atoms with Gasteiger partial charge in [-0.1, -0.05) is 0 Å². The van der Waals surface area contributed by atoms with Gasteiger partial charge in [0.2, 0.25) is 10.0 Å². The van der Waals surface area contributed by atoms with Crippen LogP contribution in [0.15, 0.2) is 29.2 Å². The Kier molecular flexibility index (Phi) is 8.40. The summed E-state index contributed by atoms with van der Waals surface area (Å²) in [5, 5.41) is 0. The van der Waals surface area contributed by atoms with E-state index in [4.69, 9.17) is 14.2 Å². The molecule has 0 fully saturated rings. The third-order valence-corrected chi connectivity index (χ3v) is 4.99. The van der Waals surface area contributed by atoms with Crippen molar-refractivity contribution in [3.8, 4) is 5.75 Å². The van der Waals surface area contributed by atoms with Gasteiger partial charge in [0.25, 0.3) is 0 Å². The molecule has 22 heavy (non-hydrogen) atoms. The standard InChI is InChI=1S/C15H25NO5S/c1-4-20-12-10-16(11-13-21-5-2)22(17,18)15-8-6-14(19-3)7-9-15/h6-9H,4-5,10-13H2,1-3H3. The first-order valence-electron chi connectivity index (χ1n) is 7.36. The molecule has 0 amide bonds. The predicted molar refractivity (Wildman–Crippen MR) is 84.7 cm³/mol. The summed E-state index contributed by atoms with van der Waals surface area (Å²) >= 11 is 0. The molecule has 0 saturated heterocycles. The number of methoxy groups -OCH3 is 1. The van der Waals surface area contributed by atoms with E-state index in [0.717, 1.165) is 0 Å². The van der Waals surface area contributed by atoms with Crippen LogP contribution in [0.5, 0.6) is 5.75 Å². The van der Waals surface area contributed by atoms with Crippen molar-refractivity contribution in [3.05, 3.63) is 24.3 Å². The molecule has 126 valence electrons. The van der Waals surface area contributed by atoms with Crippen LogP contribution in [-0.2, 0) is 19.5 Å². The number of rotatable bonds is 11. The summed E-state index contributed by atoms with van der Waals surface area (Å²) in [6, 6.07) is 6.36. The van der Waals surface area contributed by atoms with Crippen molar-refractivity contribution in [3.63, 3.8) is 0 Å². The van der Waals surface area contributed by atoms with E-state index in [2.05, 4.69) is 0 Å². The fourth-order valence-electron chi connectivity index (χ4n) is 1.87. The van der Waals surface area contributed by atoms with Crippen LogP contribution in [0.25, 0.3) is 0 Å². The first-order chi connectivity index (χ1) is 10.6.